The van der Waals surface area contributed by atoms with Gasteiger partial charge < -0.3 is 24.4 Å². The summed E-state index contributed by atoms with van der Waals surface area (Å²) >= 11 is 1.39. The van der Waals surface area contributed by atoms with E-state index in [9.17, 15) is 9.59 Å². The number of benzene rings is 2. The number of thioether (sulfide) groups is 1. The van der Waals surface area contributed by atoms with Crippen molar-refractivity contribution in [2.75, 3.05) is 38.8 Å². The van der Waals surface area contributed by atoms with Gasteiger partial charge in [-0.25, -0.2) is 0 Å². The van der Waals surface area contributed by atoms with Crippen LogP contribution in [0.25, 0.3) is 6.08 Å². The maximum atomic E-state index is 13.1. The normalized spacial score (nSPS) is 14.4. The molecule has 3 rings (SSSR count). The Bertz CT molecular complexity index is 1070. The van der Waals surface area contributed by atoms with E-state index >= 15 is 0 Å². The summed E-state index contributed by atoms with van der Waals surface area (Å²) in [6, 6.07) is 11.0. The molecule has 0 saturated heterocycles. The first-order valence-electron chi connectivity index (χ1n) is 11.4. The molecule has 1 aliphatic rings. The molecular weight excluding hydrogens is 452 g/mol. The zero-order valence-corrected chi connectivity index (χ0v) is 21.2. The summed E-state index contributed by atoms with van der Waals surface area (Å²) in [4.78, 5) is 28.7. The third-order valence-electron chi connectivity index (χ3n) is 5.16. The number of carbonyl (C=O) groups excluding carboxylic acids is 2. The van der Waals surface area contributed by atoms with E-state index in [1.165, 1.54) is 11.8 Å². The van der Waals surface area contributed by atoms with Gasteiger partial charge in [-0.2, -0.15) is 0 Å². The Morgan fingerprint density at radius 2 is 1.97 bits per heavy atom. The van der Waals surface area contributed by atoms with Gasteiger partial charge >= 0.3 is 0 Å². The number of anilines is 1. The highest BCUT2D eigenvalue weighted by molar-refractivity contribution is 8.04. The van der Waals surface area contributed by atoms with E-state index in [4.69, 9.17) is 14.2 Å². The summed E-state index contributed by atoms with van der Waals surface area (Å²) in [5.74, 6) is 0.981. The first-order chi connectivity index (χ1) is 16.3. The van der Waals surface area contributed by atoms with Gasteiger partial charge in [0.1, 0.15) is 0 Å². The monoisotopic (exact) mass is 484 g/mol. The lowest BCUT2D eigenvalue weighted by Gasteiger charge is -2.27. The average molecular weight is 485 g/mol. The summed E-state index contributed by atoms with van der Waals surface area (Å²) in [7, 11) is 3.31. The number of nitrogens with one attached hydrogen (secondary N) is 1. The van der Waals surface area contributed by atoms with Crippen LogP contribution in [-0.2, 0) is 9.53 Å². The van der Waals surface area contributed by atoms with E-state index in [1.54, 1.807) is 31.2 Å². The highest BCUT2D eigenvalue weighted by Gasteiger charge is 2.27. The second kappa shape index (κ2) is 11.9. The molecule has 2 aromatic carbocycles. The lowest BCUT2D eigenvalue weighted by molar-refractivity contribution is -0.114. The first kappa shape index (κ1) is 25.6. The molecule has 0 aliphatic carbocycles. The number of amides is 2. The number of ether oxygens (including phenoxy) is 3. The van der Waals surface area contributed by atoms with Gasteiger partial charge in [0.15, 0.2) is 11.5 Å². The second-order valence-corrected chi connectivity index (χ2v) is 9.11. The summed E-state index contributed by atoms with van der Waals surface area (Å²) < 4.78 is 16.5. The van der Waals surface area contributed by atoms with Crippen LogP contribution in [0.3, 0.4) is 0 Å². The molecule has 0 fully saturated rings. The Labute approximate surface area is 205 Å². The molecule has 1 heterocycles. The highest BCUT2D eigenvalue weighted by Crippen LogP contribution is 2.42. The van der Waals surface area contributed by atoms with Gasteiger partial charge in [-0.3, -0.25) is 9.59 Å². The van der Waals surface area contributed by atoms with Gasteiger partial charge in [-0.05, 0) is 69.2 Å². The molecule has 0 bridgehead atoms. The van der Waals surface area contributed by atoms with E-state index in [0.717, 1.165) is 16.9 Å². The van der Waals surface area contributed by atoms with E-state index in [-0.39, 0.29) is 17.9 Å². The third-order valence-corrected chi connectivity index (χ3v) is 6.24. The summed E-state index contributed by atoms with van der Waals surface area (Å²) in [5.41, 5.74) is 2.07. The molecule has 0 atom stereocenters. The maximum absolute atomic E-state index is 13.1. The number of methoxy groups -OCH3 is 1. The number of hydrogen-bond donors (Lipinski definition) is 1. The second-order valence-electron chi connectivity index (χ2n) is 8.03. The highest BCUT2D eigenvalue weighted by atomic mass is 32.2. The van der Waals surface area contributed by atoms with Crippen LogP contribution in [-0.4, -0.2) is 51.8 Å². The lowest BCUT2D eigenvalue weighted by Crippen LogP contribution is -2.31. The number of carbonyl (C=O) groups is 2. The van der Waals surface area contributed by atoms with E-state index < -0.39 is 0 Å². The average Bonchev–Trinajstić information content (AvgIpc) is 2.82. The maximum Gasteiger partial charge on any atom is 0.264 e. The number of rotatable bonds is 10. The minimum atomic E-state index is -0.166. The minimum absolute atomic E-state index is 0.131. The van der Waals surface area contributed by atoms with E-state index in [2.05, 4.69) is 5.32 Å². The Morgan fingerprint density at radius 1 is 1.18 bits per heavy atom. The molecular formula is C26H32N2O5S. The first-order valence-corrected chi connectivity index (χ1v) is 12.2. The number of fused-ring (bicyclic) bond motifs is 1. The van der Waals surface area contributed by atoms with E-state index in [0.29, 0.717) is 47.4 Å². The largest absolute Gasteiger partial charge is 0.493 e. The molecule has 0 unspecified atom stereocenters. The van der Waals surface area contributed by atoms with Gasteiger partial charge in [0.05, 0.1) is 30.4 Å². The van der Waals surface area contributed by atoms with Crippen molar-refractivity contribution in [3.8, 4) is 11.5 Å². The smallest absolute Gasteiger partial charge is 0.264 e. The molecule has 0 aromatic heterocycles. The quantitative estimate of drug-likeness (QED) is 0.387. The van der Waals surface area contributed by atoms with Crippen LogP contribution >= 0.6 is 11.8 Å². The van der Waals surface area contributed by atoms with Crippen molar-refractivity contribution in [3.63, 3.8) is 0 Å². The molecule has 7 nitrogen and oxygen atoms in total. The van der Waals surface area contributed by atoms with Crippen LogP contribution in [0.5, 0.6) is 11.5 Å². The molecule has 0 spiro atoms. The van der Waals surface area contributed by atoms with Crippen molar-refractivity contribution >= 4 is 35.3 Å². The summed E-state index contributed by atoms with van der Waals surface area (Å²) in [6.07, 6.45) is 2.76. The van der Waals surface area contributed by atoms with Gasteiger partial charge in [0, 0.05) is 30.7 Å². The van der Waals surface area contributed by atoms with Crippen molar-refractivity contribution in [2.45, 2.75) is 38.2 Å². The van der Waals surface area contributed by atoms with Gasteiger partial charge in [0.2, 0.25) is 0 Å². The summed E-state index contributed by atoms with van der Waals surface area (Å²) in [5, 5.41) is 2.91. The zero-order valence-electron chi connectivity index (χ0n) is 20.3. The molecule has 0 radical (unpaired) electrons. The van der Waals surface area contributed by atoms with E-state index in [1.807, 2.05) is 51.1 Å². The molecule has 2 amide bonds. The number of nitrogens with zero attached hydrogens (tertiary/aromatic N) is 1. The predicted molar refractivity (Wildman–Crippen MR) is 136 cm³/mol. The van der Waals surface area contributed by atoms with Crippen LogP contribution in [0, 0.1) is 0 Å². The van der Waals surface area contributed by atoms with Crippen molar-refractivity contribution in [1.29, 1.82) is 0 Å². The molecule has 1 N–H and O–H groups in total. The molecule has 1 aliphatic heterocycles. The third kappa shape index (κ3) is 6.33. The fraction of sp³-hybridized carbons (Fsp3) is 0.385. The van der Waals surface area contributed by atoms with Crippen molar-refractivity contribution < 1.29 is 23.8 Å². The van der Waals surface area contributed by atoms with Crippen molar-refractivity contribution in [2.24, 2.45) is 0 Å². The predicted octanol–water partition coefficient (Wildman–Crippen LogP) is 4.75. The van der Waals surface area contributed by atoms with Crippen LogP contribution in [0.1, 0.15) is 43.1 Å². The van der Waals surface area contributed by atoms with Gasteiger partial charge in [0.25, 0.3) is 11.8 Å². The topological polar surface area (TPSA) is 77.1 Å². The SMILES string of the molecule is CCOc1ccc(/C=C2/Sc3ccc(C(=O)NCCCOC(C)C)cc3N(C)C2=O)cc1OC. The van der Waals surface area contributed by atoms with Crippen LogP contribution in [0.2, 0.25) is 0 Å². The van der Waals surface area contributed by atoms with Gasteiger partial charge in [-0.15, -0.1) is 0 Å². The van der Waals surface area contributed by atoms with Crippen molar-refractivity contribution in [3.05, 3.63) is 52.4 Å². The minimum Gasteiger partial charge on any atom is -0.493 e. The van der Waals surface area contributed by atoms with Crippen LogP contribution in [0.4, 0.5) is 5.69 Å². The Kier molecular flexibility index (Phi) is 9.01. The lowest BCUT2D eigenvalue weighted by atomic mass is 10.1. The molecule has 2 aromatic rings. The number of hydrogen-bond acceptors (Lipinski definition) is 6. The number of likely N-dealkylation sites (N-methyl/N-ethyl adjacent to an activating group) is 1. The Morgan fingerprint density at radius 3 is 2.68 bits per heavy atom. The standard InChI is InChI=1S/C26H32N2O5S/c1-6-32-21-10-8-18(14-22(21)31-5)15-24-26(30)28(4)20-16-19(9-11-23(20)34-24)25(29)27-12-7-13-33-17(2)3/h8-11,14-17H,6-7,12-13H2,1-5H3,(H,27,29)/b24-15+. The Hall–Kier alpha value is -2.97. The van der Waals surface area contributed by atoms with Crippen molar-refractivity contribution in [1.82, 2.24) is 5.32 Å². The molecule has 182 valence electrons. The fourth-order valence-corrected chi connectivity index (χ4v) is 4.52. The molecule has 8 heteroatoms. The van der Waals surface area contributed by atoms with Crippen LogP contribution in [0.15, 0.2) is 46.2 Å². The summed E-state index contributed by atoms with van der Waals surface area (Å²) in [6.45, 7) is 7.56. The molecule has 34 heavy (non-hydrogen) atoms. The van der Waals surface area contributed by atoms with Gasteiger partial charge in [-0.1, -0.05) is 17.8 Å². The van der Waals surface area contributed by atoms with Crippen LogP contribution < -0.4 is 19.7 Å². The molecule has 0 saturated carbocycles. The Balaban J connectivity index is 1.73. The zero-order chi connectivity index (χ0) is 24.7. The fourth-order valence-electron chi connectivity index (χ4n) is 3.43.